The number of carbonyl (C=O) groups excluding carboxylic acids is 1. The Kier molecular flexibility index (Phi) is 5.80. The second-order valence-electron chi connectivity index (χ2n) is 6.39. The molecule has 0 unspecified atom stereocenters. The number of carbonyl (C=O) groups is 1. The molecule has 3 aromatic rings. The number of aromatic amines is 1. The summed E-state index contributed by atoms with van der Waals surface area (Å²) < 4.78 is 6.38. The van der Waals surface area contributed by atoms with E-state index in [2.05, 4.69) is 9.97 Å². The van der Waals surface area contributed by atoms with E-state index < -0.39 is 5.69 Å². The third-order valence-electron chi connectivity index (χ3n) is 4.43. The van der Waals surface area contributed by atoms with Gasteiger partial charge in [-0.2, -0.15) is 0 Å². The molecule has 3 rings (SSSR count). The number of nitrogens with zero attached hydrogens (tertiary/aromatic N) is 2. The number of H-pyrrole nitrogens is 1. The number of pyridine rings is 1. The second-order valence-corrected chi connectivity index (χ2v) is 6.39. The predicted molar refractivity (Wildman–Crippen MR) is 102 cm³/mol. The largest absolute Gasteiger partial charge is 0.466 e. The van der Waals surface area contributed by atoms with Crippen molar-refractivity contribution in [1.29, 1.82) is 0 Å². The fourth-order valence-corrected chi connectivity index (χ4v) is 2.93. The SMILES string of the molecule is C[C@@H](CC(=O)OCCCn1c(=O)[nH]c2ccccc2c1=O)c1ccncc1. The molecule has 2 aromatic heterocycles. The summed E-state index contributed by atoms with van der Waals surface area (Å²) in [5.74, 6) is -0.273. The Hall–Kier alpha value is -3.22. The highest BCUT2D eigenvalue weighted by Crippen LogP contribution is 2.18. The van der Waals surface area contributed by atoms with Crippen molar-refractivity contribution in [2.75, 3.05) is 6.61 Å². The minimum absolute atomic E-state index is 0.0338. The molecule has 2 heterocycles. The van der Waals surface area contributed by atoms with Crippen LogP contribution in [-0.4, -0.2) is 27.1 Å². The van der Waals surface area contributed by atoms with E-state index in [1.165, 1.54) is 0 Å². The molecule has 27 heavy (non-hydrogen) atoms. The average Bonchev–Trinajstić information content (AvgIpc) is 2.68. The van der Waals surface area contributed by atoms with Crippen molar-refractivity contribution in [3.05, 3.63) is 75.2 Å². The Morgan fingerprint density at radius 1 is 1.19 bits per heavy atom. The smallest absolute Gasteiger partial charge is 0.328 e. The third kappa shape index (κ3) is 4.49. The zero-order chi connectivity index (χ0) is 19.2. The van der Waals surface area contributed by atoms with Gasteiger partial charge in [-0.05, 0) is 42.2 Å². The van der Waals surface area contributed by atoms with Gasteiger partial charge in [0.15, 0.2) is 0 Å². The summed E-state index contributed by atoms with van der Waals surface area (Å²) in [5, 5.41) is 0.459. The summed E-state index contributed by atoms with van der Waals surface area (Å²) in [6, 6.07) is 10.6. The molecule has 0 aliphatic carbocycles. The molecule has 7 nitrogen and oxygen atoms in total. The molecule has 0 saturated heterocycles. The molecule has 0 spiro atoms. The van der Waals surface area contributed by atoms with Crippen LogP contribution in [0.3, 0.4) is 0 Å². The van der Waals surface area contributed by atoms with E-state index >= 15 is 0 Å². The topological polar surface area (TPSA) is 94.0 Å². The number of fused-ring (bicyclic) bond motifs is 1. The summed E-state index contributed by atoms with van der Waals surface area (Å²) in [5.41, 5.74) is 0.736. The lowest BCUT2D eigenvalue weighted by atomic mass is 9.99. The van der Waals surface area contributed by atoms with Gasteiger partial charge in [-0.25, -0.2) is 4.79 Å². The highest BCUT2D eigenvalue weighted by molar-refractivity contribution is 5.76. The fourth-order valence-electron chi connectivity index (χ4n) is 2.93. The standard InChI is InChI=1S/C20H21N3O4/c1-14(15-7-9-21-10-8-15)13-18(24)27-12-4-11-23-19(25)16-5-2-3-6-17(16)22-20(23)26/h2-3,5-10,14H,4,11-13H2,1H3,(H,22,26)/t14-/m0/s1. The van der Waals surface area contributed by atoms with Crippen LogP contribution in [0.1, 0.15) is 31.2 Å². The quantitative estimate of drug-likeness (QED) is 0.510. The second kappa shape index (κ2) is 8.44. The number of rotatable bonds is 7. The van der Waals surface area contributed by atoms with Crippen LogP contribution in [0, 0.1) is 0 Å². The summed E-state index contributed by atoms with van der Waals surface area (Å²) in [7, 11) is 0. The number of hydrogen-bond donors (Lipinski definition) is 1. The summed E-state index contributed by atoms with van der Waals surface area (Å²) >= 11 is 0. The zero-order valence-electron chi connectivity index (χ0n) is 15.1. The maximum Gasteiger partial charge on any atom is 0.328 e. The molecule has 0 aliphatic rings. The van der Waals surface area contributed by atoms with Gasteiger partial charge in [0, 0.05) is 18.9 Å². The number of aromatic nitrogens is 3. The predicted octanol–water partition coefficient (Wildman–Crippen LogP) is 2.21. The van der Waals surface area contributed by atoms with Gasteiger partial charge in [-0.3, -0.25) is 19.1 Å². The van der Waals surface area contributed by atoms with Crippen LogP contribution in [0.2, 0.25) is 0 Å². The molecule has 0 amide bonds. The van der Waals surface area contributed by atoms with Gasteiger partial charge in [0.05, 0.1) is 23.9 Å². The molecular weight excluding hydrogens is 346 g/mol. The van der Waals surface area contributed by atoms with Crippen LogP contribution in [0.15, 0.2) is 58.4 Å². The molecule has 0 fully saturated rings. The summed E-state index contributed by atoms with van der Waals surface area (Å²) in [6.45, 7) is 2.29. The minimum Gasteiger partial charge on any atom is -0.466 e. The van der Waals surface area contributed by atoms with E-state index in [9.17, 15) is 14.4 Å². The van der Waals surface area contributed by atoms with E-state index in [0.29, 0.717) is 17.3 Å². The Morgan fingerprint density at radius 3 is 2.70 bits per heavy atom. The molecule has 7 heteroatoms. The molecule has 140 valence electrons. The van der Waals surface area contributed by atoms with Gasteiger partial charge in [0.25, 0.3) is 5.56 Å². The van der Waals surface area contributed by atoms with Crippen molar-refractivity contribution in [1.82, 2.24) is 14.5 Å². The van der Waals surface area contributed by atoms with Crippen LogP contribution in [0.4, 0.5) is 0 Å². The van der Waals surface area contributed by atoms with Crippen molar-refractivity contribution in [2.45, 2.75) is 32.2 Å². The molecule has 0 saturated carbocycles. The first-order chi connectivity index (χ1) is 13.1. The molecule has 1 aromatic carbocycles. The maximum atomic E-state index is 12.4. The van der Waals surface area contributed by atoms with Crippen molar-refractivity contribution < 1.29 is 9.53 Å². The first-order valence-electron chi connectivity index (χ1n) is 8.83. The number of para-hydroxylation sites is 1. The number of benzene rings is 1. The van der Waals surface area contributed by atoms with Crippen LogP contribution in [0.25, 0.3) is 10.9 Å². The van der Waals surface area contributed by atoms with Gasteiger partial charge in [-0.15, -0.1) is 0 Å². The third-order valence-corrected chi connectivity index (χ3v) is 4.43. The lowest BCUT2D eigenvalue weighted by Crippen LogP contribution is -2.35. The van der Waals surface area contributed by atoms with E-state index in [0.717, 1.165) is 10.1 Å². The van der Waals surface area contributed by atoms with Crippen LogP contribution >= 0.6 is 0 Å². The molecular formula is C20H21N3O4. The zero-order valence-corrected chi connectivity index (χ0v) is 15.1. The van der Waals surface area contributed by atoms with Crippen molar-refractivity contribution >= 4 is 16.9 Å². The molecule has 1 N–H and O–H groups in total. The monoisotopic (exact) mass is 367 g/mol. The maximum absolute atomic E-state index is 12.4. The van der Waals surface area contributed by atoms with Gasteiger partial charge >= 0.3 is 11.7 Å². The van der Waals surface area contributed by atoms with Crippen LogP contribution in [-0.2, 0) is 16.1 Å². The molecule has 0 radical (unpaired) electrons. The van der Waals surface area contributed by atoms with Crippen molar-refractivity contribution in [3.8, 4) is 0 Å². The normalized spacial score (nSPS) is 12.0. The van der Waals surface area contributed by atoms with Crippen molar-refractivity contribution in [3.63, 3.8) is 0 Å². The lowest BCUT2D eigenvalue weighted by molar-refractivity contribution is -0.144. The van der Waals surface area contributed by atoms with Crippen LogP contribution in [0.5, 0.6) is 0 Å². The highest BCUT2D eigenvalue weighted by Gasteiger charge is 2.12. The van der Waals surface area contributed by atoms with E-state index in [4.69, 9.17) is 4.74 Å². The fraction of sp³-hybridized carbons (Fsp3) is 0.300. The van der Waals surface area contributed by atoms with E-state index in [1.54, 1.807) is 36.7 Å². The number of ether oxygens (including phenoxy) is 1. The van der Waals surface area contributed by atoms with Gasteiger partial charge in [-0.1, -0.05) is 19.1 Å². The summed E-state index contributed by atoms with van der Waals surface area (Å²) in [6.07, 6.45) is 4.03. The molecule has 0 bridgehead atoms. The van der Waals surface area contributed by atoms with Crippen molar-refractivity contribution in [2.24, 2.45) is 0 Å². The average molecular weight is 367 g/mol. The molecule has 0 aliphatic heterocycles. The van der Waals surface area contributed by atoms with Gasteiger partial charge < -0.3 is 9.72 Å². The number of esters is 1. The minimum atomic E-state index is -0.462. The van der Waals surface area contributed by atoms with E-state index in [1.807, 2.05) is 19.1 Å². The Morgan fingerprint density at radius 2 is 1.93 bits per heavy atom. The lowest BCUT2D eigenvalue weighted by Gasteiger charge is -2.11. The number of hydrogen-bond acceptors (Lipinski definition) is 5. The Labute approximate surface area is 155 Å². The first kappa shape index (κ1) is 18.6. The first-order valence-corrected chi connectivity index (χ1v) is 8.83. The summed E-state index contributed by atoms with van der Waals surface area (Å²) in [4.78, 5) is 43.1. The van der Waals surface area contributed by atoms with Gasteiger partial charge in [0.2, 0.25) is 0 Å². The van der Waals surface area contributed by atoms with Crippen LogP contribution < -0.4 is 11.2 Å². The van der Waals surface area contributed by atoms with Gasteiger partial charge in [0.1, 0.15) is 0 Å². The number of nitrogens with one attached hydrogen (secondary N) is 1. The molecule has 1 atom stereocenters. The van der Waals surface area contributed by atoms with E-state index in [-0.39, 0.29) is 37.0 Å². The Bertz CT molecular complexity index is 1040. The Balaban J connectivity index is 1.53. The highest BCUT2D eigenvalue weighted by atomic mass is 16.5.